The molecule has 1 rings (SSSR count). The van der Waals surface area contributed by atoms with Crippen molar-refractivity contribution in [2.75, 3.05) is 13.1 Å². The minimum absolute atomic E-state index is 1.07. The van der Waals surface area contributed by atoms with Gasteiger partial charge in [0, 0.05) is 24.9 Å². The Morgan fingerprint density at radius 2 is 2.07 bits per heavy atom. The summed E-state index contributed by atoms with van der Waals surface area (Å²) in [7, 11) is 0. The summed E-state index contributed by atoms with van der Waals surface area (Å²) in [6.45, 7) is 4.49. The van der Waals surface area contributed by atoms with Crippen LogP contribution < -0.4 is 0 Å². The highest BCUT2D eigenvalue weighted by Crippen LogP contribution is 2.18. The second kappa shape index (κ2) is 6.48. The van der Waals surface area contributed by atoms with Crippen LogP contribution in [0.3, 0.4) is 0 Å². The van der Waals surface area contributed by atoms with Gasteiger partial charge < -0.3 is 4.90 Å². The van der Waals surface area contributed by atoms with Crippen LogP contribution in [-0.2, 0) is 0 Å². The Labute approximate surface area is 87.2 Å². The molecule has 1 aliphatic rings. The Morgan fingerprint density at radius 1 is 1.36 bits per heavy atom. The van der Waals surface area contributed by atoms with E-state index in [4.69, 9.17) is 5.26 Å². The van der Waals surface area contributed by atoms with Gasteiger partial charge >= 0.3 is 0 Å². The molecule has 1 aliphatic heterocycles. The van der Waals surface area contributed by atoms with E-state index in [0.717, 1.165) is 19.5 Å². The molecule has 1 fully saturated rings. The topological polar surface area (TPSA) is 27.0 Å². The van der Waals surface area contributed by atoms with Crippen molar-refractivity contribution in [3.63, 3.8) is 0 Å². The summed E-state index contributed by atoms with van der Waals surface area (Å²) in [6.07, 6.45) is 9.14. The lowest BCUT2D eigenvalue weighted by molar-refractivity contribution is 0.275. The molecule has 0 saturated carbocycles. The van der Waals surface area contributed by atoms with Gasteiger partial charge in [0.2, 0.25) is 0 Å². The monoisotopic (exact) mass is 192 g/mol. The number of nitrogens with zero attached hydrogens (tertiary/aromatic N) is 2. The van der Waals surface area contributed by atoms with Crippen LogP contribution >= 0.6 is 0 Å². The molecule has 0 atom stereocenters. The number of hydrogen-bond acceptors (Lipinski definition) is 2. The van der Waals surface area contributed by atoms with E-state index < -0.39 is 0 Å². The molecule has 0 aromatic rings. The van der Waals surface area contributed by atoms with Gasteiger partial charge in [-0.3, -0.25) is 0 Å². The van der Waals surface area contributed by atoms with Gasteiger partial charge in [-0.2, -0.15) is 5.26 Å². The van der Waals surface area contributed by atoms with E-state index in [-0.39, 0.29) is 0 Å². The minimum atomic E-state index is 1.07. The Bertz CT molecular complexity index is 219. The number of likely N-dealkylation sites (tertiary alicyclic amines) is 1. The molecule has 0 aromatic carbocycles. The minimum Gasteiger partial charge on any atom is -0.374 e. The Balaban J connectivity index is 2.48. The predicted molar refractivity (Wildman–Crippen MR) is 58.6 cm³/mol. The molecule has 0 aliphatic carbocycles. The van der Waals surface area contributed by atoms with Crippen molar-refractivity contribution in [1.29, 1.82) is 5.26 Å². The summed E-state index contributed by atoms with van der Waals surface area (Å²) < 4.78 is 0. The molecule has 14 heavy (non-hydrogen) atoms. The SMILES string of the molecule is CCCCC(=CC#N)N1CCCCC1. The van der Waals surface area contributed by atoms with Gasteiger partial charge in [-0.1, -0.05) is 13.3 Å². The first-order chi connectivity index (χ1) is 6.88. The van der Waals surface area contributed by atoms with Crippen molar-refractivity contribution in [1.82, 2.24) is 4.90 Å². The largest absolute Gasteiger partial charge is 0.374 e. The lowest BCUT2D eigenvalue weighted by atomic mass is 10.1. The van der Waals surface area contributed by atoms with Crippen LogP contribution in [0, 0.1) is 11.3 Å². The van der Waals surface area contributed by atoms with Gasteiger partial charge in [-0.25, -0.2) is 0 Å². The third kappa shape index (κ3) is 3.41. The van der Waals surface area contributed by atoms with Crippen molar-refractivity contribution in [3.8, 4) is 6.07 Å². The summed E-state index contributed by atoms with van der Waals surface area (Å²) in [6, 6.07) is 2.17. The molecule has 0 unspecified atom stereocenters. The van der Waals surface area contributed by atoms with Gasteiger partial charge in [0.1, 0.15) is 0 Å². The lowest BCUT2D eigenvalue weighted by Gasteiger charge is -2.30. The third-order valence-corrected chi connectivity index (χ3v) is 2.78. The highest BCUT2D eigenvalue weighted by Gasteiger charge is 2.12. The van der Waals surface area contributed by atoms with E-state index in [1.807, 2.05) is 0 Å². The Kier molecular flexibility index (Phi) is 5.14. The fourth-order valence-corrected chi connectivity index (χ4v) is 1.94. The first-order valence-corrected chi connectivity index (χ1v) is 5.72. The van der Waals surface area contributed by atoms with E-state index >= 15 is 0 Å². The van der Waals surface area contributed by atoms with Crippen molar-refractivity contribution in [2.45, 2.75) is 45.4 Å². The van der Waals surface area contributed by atoms with Crippen LogP contribution in [0.4, 0.5) is 0 Å². The van der Waals surface area contributed by atoms with Crippen LogP contribution in [-0.4, -0.2) is 18.0 Å². The molecule has 1 heterocycles. The molecular formula is C12H20N2. The fourth-order valence-electron chi connectivity index (χ4n) is 1.94. The van der Waals surface area contributed by atoms with Crippen molar-refractivity contribution in [3.05, 3.63) is 11.8 Å². The number of unbranched alkanes of at least 4 members (excludes halogenated alkanes) is 1. The smallest absolute Gasteiger partial charge is 0.0930 e. The first-order valence-electron chi connectivity index (χ1n) is 5.72. The van der Waals surface area contributed by atoms with Crippen molar-refractivity contribution >= 4 is 0 Å². The summed E-state index contributed by atoms with van der Waals surface area (Å²) in [4.78, 5) is 2.39. The van der Waals surface area contributed by atoms with Crippen LogP contribution in [0.15, 0.2) is 11.8 Å². The average Bonchev–Trinajstić information content (AvgIpc) is 2.25. The van der Waals surface area contributed by atoms with Crippen molar-refractivity contribution < 1.29 is 0 Å². The Morgan fingerprint density at radius 3 is 2.64 bits per heavy atom. The second-order valence-electron chi connectivity index (χ2n) is 3.92. The number of piperidine rings is 1. The van der Waals surface area contributed by atoms with E-state index in [2.05, 4.69) is 17.9 Å². The van der Waals surface area contributed by atoms with Gasteiger partial charge in [0.25, 0.3) is 0 Å². The van der Waals surface area contributed by atoms with Crippen LogP contribution in [0.2, 0.25) is 0 Å². The quantitative estimate of drug-likeness (QED) is 0.640. The van der Waals surface area contributed by atoms with E-state index in [1.54, 1.807) is 6.08 Å². The van der Waals surface area contributed by atoms with Gasteiger partial charge in [0.15, 0.2) is 0 Å². The second-order valence-corrected chi connectivity index (χ2v) is 3.92. The molecule has 78 valence electrons. The summed E-state index contributed by atoms with van der Waals surface area (Å²) >= 11 is 0. The maximum absolute atomic E-state index is 8.71. The normalized spacial score (nSPS) is 18.0. The van der Waals surface area contributed by atoms with Gasteiger partial charge in [-0.15, -0.1) is 0 Å². The number of hydrogen-bond donors (Lipinski definition) is 0. The third-order valence-electron chi connectivity index (χ3n) is 2.78. The summed E-state index contributed by atoms with van der Waals surface area (Å²) in [5, 5.41) is 8.71. The fraction of sp³-hybridized carbons (Fsp3) is 0.750. The lowest BCUT2D eigenvalue weighted by Crippen LogP contribution is -2.29. The molecule has 0 N–H and O–H groups in total. The number of nitriles is 1. The predicted octanol–water partition coefficient (Wildman–Crippen LogP) is 3.07. The zero-order valence-electron chi connectivity index (χ0n) is 9.13. The highest BCUT2D eigenvalue weighted by molar-refractivity contribution is 5.13. The van der Waals surface area contributed by atoms with E-state index in [0.29, 0.717) is 0 Å². The van der Waals surface area contributed by atoms with E-state index in [9.17, 15) is 0 Å². The maximum atomic E-state index is 8.71. The van der Waals surface area contributed by atoms with Crippen LogP contribution in [0.1, 0.15) is 45.4 Å². The zero-order chi connectivity index (χ0) is 10.2. The van der Waals surface area contributed by atoms with Gasteiger partial charge in [-0.05, 0) is 32.1 Å². The summed E-state index contributed by atoms with van der Waals surface area (Å²) in [5.41, 5.74) is 1.26. The van der Waals surface area contributed by atoms with Crippen LogP contribution in [0.25, 0.3) is 0 Å². The van der Waals surface area contributed by atoms with Crippen molar-refractivity contribution in [2.24, 2.45) is 0 Å². The highest BCUT2D eigenvalue weighted by atomic mass is 15.1. The summed E-state index contributed by atoms with van der Waals surface area (Å²) in [5.74, 6) is 0. The molecule has 0 amide bonds. The Hall–Kier alpha value is -0.970. The van der Waals surface area contributed by atoms with Crippen LogP contribution in [0.5, 0.6) is 0 Å². The van der Waals surface area contributed by atoms with Gasteiger partial charge in [0.05, 0.1) is 6.07 Å². The maximum Gasteiger partial charge on any atom is 0.0930 e. The molecule has 0 aromatic heterocycles. The number of allylic oxidation sites excluding steroid dienone is 2. The molecule has 2 nitrogen and oxygen atoms in total. The molecule has 0 radical (unpaired) electrons. The molecule has 0 bridgehead atoms. The molecule has 1 saturated heterocycles. The first kappa shape index (κ1) is 11.1. The standard InChI is InChI=1S/C12H20N2/c1-2-3-7-12(8-9-13)14-10-5-4-6-11-14/h8H,2-7,10-11H2,1H3. The zero-order valence-corrected chi connectivity index (χ0v) is 9.13. The average molecular weight is 192 g/mol. The molecular weight excluding hydrogens is 172 g/mol. The molecule has 2 heteroatoms. The van der Waals surface area contributed by atoms with E-state index in [1.165, 1.54) is 37.8 Å². The molecule has 0 spiro atoms. The number of rotatable bonds is 4.